The number of fused-ring (bicyclic) bond motifs is 1. The molecule has 1 saturated heterocycles. The van der Waals surface area contributed by atoms with Gasteiger partial charge in [-0.3, -0.25) is 9.69 Å². The highest BCUT2D eigenvalue weighted by molar-refractivity contribution is 5.98. The standard InChI is InChI=1S/C19H20N2O/c22-18-19(12-16-8-4-5-9-17(16)20-18)10-11-21(14-19)13-15-6-2-1-3-7-15/h1-9H,10-14H2,(H,20,22). The highest BCUT2D eigenvalue weighted by Crippen LogP contribution is 2.40. The molecule has 3 heteroatoms. The number of anilines is 1. The molecule has 112 valence electrons. The van der Waals surface area contributed by atoms with E-state index >= 15 is 0 Å². The molecule has 0 aliphatic carbocycles. The van der Waals surface area contributed by atoms with Crippen molar-refractivity contribution >= 4 is 11.6 Å². The molecule has 0 radical (unpaired) electrons. The summed E-state index contributed by atoms with van der Waals surface area (Å²) in [5.41, 5.74) is 3.32. The molecule has 1 N–H and O–H groups in total. The van der Waals surface area contributed by atoms with Crippen LogP contribution >= 0.6 is 0 Å². The van der Waals surface area contributed by atoms with Crippen molar-refractivity contribution in [2.75, 3.05) is 18.4 Å². The molecule has 2 heterocycles. The summed E-state index contributed by atoms with van der Waals surface area (Å²) in [4.78, 5) is 15.0. The van der Waals surface area contributed by atoms with Crippen LogP contribution in [0.25, 0.3) is 0 Å². The first-order chi connectivity index (χ1) is 10.8. The molecule has 2 aliphatic rings. The molecule has 1 amide bonds. The third-order valence-electron chi connectivity index (χ3n) is 4.96. The largest absolute Gasteiger partial charge is 0.325 e. The molecule has 1 spiro atoms. The third kappa shape index (κ3) is 2.32. The van der Waals surface area contributed by atoms with Crippen molar-refractivity contribution in [2.24, 2.45) is 5.41 Å². The van der Waals surface area contributed by atoms with E-state index in [1.165, 1.54) is 11.1 Å². The third-order valence-corrected chi connectivity index (χ3v) is 4.96. The molecule has 0 saturated carbocycles. The number of benzene rings is 2. The van der Waals surface area contributed by atoms with E-state index < -0.39 is 0 Å². The van der Waals surface area contributed by atoms with Crippen LogP contribution in [0.3, 0.4) is 0 Å². The van der Waals surface area contributed by atoms with Gasteiger partial charge in [-0.25, -0.2) is 0 Å². The van der Waals surface area contributed by atoms with Gasteiger partial charge in [0.15, 0.2) is 0 Å². The number of nitrogens with zero attached hydrogens (tertiary/aromatic N) is 1. The van der Waals surface area contributed by atoms with Crippen molar-refractivity contribution in [3.8, 4) is 0 Å². The monoisotopic (exact) mass is 292 g/mol. The lowest BCUT2D eigenvalue weighted by Gasteiger charge is -2.33. The predicted molar refractivity (Wildman–Crippen MR) is 87.5 cm³/mol. The van der Waals surface area contributed by atoms with Gasteiger partial charge >= 0.3 is 0 Å². The maximum atomic E-state index is 12.6. The smallest absolute Gasteiger partial charge is 0.232 e. The molecular weight excluding hydrogens is 272 g/mol. The molecule has 0 bridgehead atoms. The van der Waals surface area contributed by atoms with E-state index in [0.717, 1.165) is 38.2 Å². The molecule has 0 aromatic heterocycles. The normalized spacial score (nSPS) is 24.3. The van der Waals surface area contributed by atoms with Crippen molar-refractivity contribution < 1.29 is 4.79 Å². The minimum Gasteiger partial charge on any atom is -0.325 e. The first-order valence-corrected chi connectivity index (χ1v) is 7.91. The molecule has 4 rings (SSSR count). The minimum absolute atomic E-state index is 0.196. The van der Waals surface area contributed by atoms with E-state index in [1.807, 2.05) is 18.2 Å². The van der Waals surface area contributed by atoms with Crippen LogP contribution in [0.2, 0.25) is 0 Å². The Balaban J connectivity index is 1.53. The minimum atomic E-state index is -0.247. The van der Waals surface area contributed by atoms with Crippen molar-refractivity contribution in [1.29, 1.82) is 0 Å². The molecule has 1 unspecified atom stereocenters. The number of likely N-dealkylation sites (tertiary alicyclic amines) is 1. The lowest BCUT2D eigenvalue weighted by molar-refractivity contribution is -0.125. The fourth-order valence-corrected chi connectivity index (χ4v) is 3.76. The van der Waals surface area contributed by atoms with Crippen LogP contribution in [-0.2, 0) is 17.8 Å². The number of carbonyl (C=O) groups excluding carboxylic acids is 1. The second kappa shape index (κ2) is 5.25. The Hall–Kier alpha value is -2.13. The number of para-hydroxylation sites is 1. The zero-order valence-corrected chi connectivity index (χ0v) is 12.6. The average Bonchev–Trinajstić information content (AvgIpc) is 2.93. The van der Waals surface area contributed by atoms with E-state index in [1.54, 1.807) is 0 Å². The summed E-state index contributed by atoms with van der Waals surface area (Å²) >= 11 is 0. The number of amides is 1. The number of hydrogen-bond acceptors (Lipinski definition) is 2. The highest BCUT2D eigenvalue weighted by atomic mass is 16.2. The Morgan fingerprint density at radius 1 is 1.05 bits per heavy atom. The van der Waals surface area contributed by atoms with Crippen molar-refractivity contribution in [1.82, 2.24) is 4.90 Å². The topological polar surface area (TPSA) is 32.3 Å². The predicted octanol–water partition coefficient (Wildman–Crippen LogP) is 3.07. The van der Waals surface area contributed by atoms with Gasteiger partial charge in [0.05, 0.1) is 5.41 Å². The lowest BCUT2D eigenvalue weighted by atomic mass is 9.77. The van der Waals surface area contributed by atoms with E-state index in [0.29, 0.717) is 0 Å². The van der Waals surface area contributed by atoms with Crippen LogP contribution in [0, 0.1) is 5.41 Å². The van der Waals surface area contributed by atoms with Gasteiger partial charge in [0.25, 0.3) is 0 Å². The van der Waals surface area contributed by atoms with E-state index in [9.17, 15) is 4.79 Å². The Labute approximate surface area is 131 Å². The second-order valence-electron chi connectivity index (χ2n) is 6.51. The molecular formula is C19H20N2O. The number of carbonyl (C=O) groups is 1. The highest BCUT2D eigenvalue weighted by Gasteiger charge is 2.46. The Morgan fingerprint density at radius 3 is 2.68 bits per heavy atom. The lowest BCUT2D eigenvalue weighted by Crippen LogP contribution is -2.43. The van der Waals surface area contributed by atoms with Gasteiger partial charge < -0.3 is 5.32 Å². The van der Waals surface area contributed by atoms with E-state index in [2.05, 4.69) is 46.6 Å². The summed E-state index contributed by atoms with van der Waals surface area (Å²) in [7, 11) is 0. The van der Waals surface area contributed by atoms with Gasteiger partial charge in [-0.15, -0.1) is 0 Å². The summed E-state index contributed by atoms with van der Waals surface area (Å²) in [5, 5.41) is 3.11. The molecule has 2 aromatic carbocycles. The summed E-state index contributed by atoms with van der Waals surface area (Å²) in [6, 6.07) is 18.7. The summed E-state index contributed by atoms with van der Waals surface area (Å²) in [6.45, 7) is 2.77. The summed E-state index contributed by atoms with van der Waals surface area (Å²) in [5.74, 6) is 0.196. The number of hydrogen-bond donors (Lipinski definition) is 1. The zero-order valence-electron chi connectivity index (χ0n) is 12.6. The molecule has 1 fully saturated rings. The van der Waals surface area contributed by atoms with Crippen LogP contribution in [0.4, 0.5) is 5.69 Å². The van der Waals surface area contributed by atoms with Crippen molar-refractivity contribution in [3.63, 3.8) is 0 Å². The maximum absolute atomic E-state index is 12.6. The maximum Gasteiger partial charge on any atom is 0.232 e. The van der Waals surface area contributed by atoms with Crippen LogP contribution in [0.5, 0.6) is 0 Å². The van der Waals surface area contributed by atoms with Gasteiger partial charge in [-0.1, -0.05) is 48.5 Å². The van der Waals surface area contributed by atoms with Crippen LogP contribution < -0.4 is 5.32 Å². The van der Waals surface area contributed by atoms with Crippen molar-refractivity contribution in [2.45, 2.75) is 19.4 Å². The van der Waals surface area contributed by atoms with Gasteiger partial charge in [0.1, 0.15) is 0 Å². The zero-order chi connectivity index (χ0) is 15.0. The first kappa shape index (κ1) is 13.5. The van der Waals surface area contributed by atoms with Crippen molar-refractivity contribution in [3.05, 3.63) is 65.7 Å². The average molecular weight is 292 g/mol. The van der Waals surface area contributed by atoms with Gasteiger partial charge in [0.2, 0.25) is 5.91 Å². The van der Waals surface area contributed by atoms with Gasteiger partial charge in [-0.2, -0.15) is 0 Å². The number of rotatable bonds is 2. The van der Waals surface area contributed by atoms with E-state index in [-0.39, 0.29) is 11.3 Å². The van der Waals surface area contributed by atoms with Gasteiger partial charge in [0, 0.05) is 18.8 Å². The second-order valence-corrected chi connectivity index (χ2v) is 6.51. The molecule has 2 aromatic rings. The SMILES string of the molecule is O=C1Nc2ccccc2CC12CCN(Cc1ccccc1)C2. The molecule has 2 aliphatic heterocycles. The van der Waals surface area contributed by atoms with Crippen LogP contribution in [-0.4, -0.2) is 23.9 Å². The van der Waals surface area contributed by atoms with Gasteiger partial charge in [-0.05, 0) is 36.6 Å². The molecule has 3 nitrogen and oxygen atoms in total. The van der Waals surface area contributed by atoms with Crippen LogP contribution in [0.1, 0.15) is 17.5 Å². The summed E-state index contributed by atoms with van der Waals surface area (Å²) < 4.78 is 0. The Bertz CT molecular complexity index is 698. The van der Waals surface area contributed by atoms with Crippen LogP contribution in [0.15, 0.2) is 54.6 Å². The fraction of sp³-hybridized carbons (Fsp3) is 0.316. The summed E-state index contributed by atoms with van der Waals surface area (Å²) in [6.07, 6.45) is 1.81. The molecule has 1 atom stereocenters. The molecule has 22 heavy (non-hydrogen) atoms. The van der Waals surface area contributed by atoms with E-state index in [4.69, 9.17) is 0 Å². The number of nitrogens with one attached hydrogen (secondary N) is 1. The Morgan fingerprint density at radius 2 is 1.82 bits per heavy atom. The first-order valence-electron chi connectivity index (χ1n) is 7.91. The quantitative estimate of drug-likeness (QED) is 0.922. The Kier molecular flexibility index (Phi) is 3.23. The fourth-order valence-electron chi connectivity index (χ4n) is 3.76.